The smallest absolute Gasteiger partial charge is 0.124 e. The Balaban J connectivity index is 2.52. The number of hydrogen-bond donors (Lipinski definition) is 1. The van der Waals surface area contributed by atoms with Crippen LogP contribution in [0.4, 0.5) is 4.39 Å². The number of nitrogens with two attached hydrogens (primary N) is 1. The van der Waals surface area contributed by atoms with Crippen molar-refractivity contribution < 1.29 is 4.39 Å². The summed E-state index contributed by atoms with van der Waals surface area (Å²) >= 11 is 3.36. The zero-order chi connectivity index (χ0) is 12.1. The minimum absolute atomic E-state index is 0.157. The first-order valence-corrected chi connectivity index (χ1v) is 6.48. The predicted molar refractivity (Wildman–Crippen MR) is 69.9 cm³/mol. The monoisotopic (exact) mass is 287 g/mol. The van der Waals surface area contributed by atoms with Crippen molar-refractivity contribution in [2.24, 2.45) is 11.7 Å². The van der Waals surface area contributed by atoms with Gasteiger partial charge in [-0.1, -0.05) is 35.8 Å². The van der Waals surface area contributed by atoms with Gasteiger partial charge in [0.2, 0.25) is 0 Å². The lowest BCUT2D eigenvalue weighted by atomic mass is 9.98. The molecule has 2 N–H and O–H groups in total. The van der Waals surface area contributed by atoms with Crippen LogP contribution in [0.15, 0.2) is 22.7 Å². The Labute approximate surface area is 105 Å². The van der Waals surface area contributed by atoms with E-state index in [4.69, 9.17) is 5.73 Å². The van der Waals surface area contributed by atoms with Crippen molar-refractivity contribution in [3.8, 4) is 0 Å². The van der Waals surface area contributed by atoms with E-state index in [1.807, 2.05) is 0 Å². The van der Waals surface area contributed by atoms with E-state index in [1.165, 1.54) is 12.1 Å². The van der Waals surface area contributed by atoms with Crippen molar-refractivity contribution in [1.29, 1.82) is 0 Å². The summed E-state index contributed by atoms with van der Waals surface area (Å²) in [5.74, 6) is 0.467. The Morgan fingerprint density at radius 1 is 1.31 bits per heavy atom. The third-order valence-electron chi connectivity index (χ3n) is 2.61. The largest absolute Gasteiger partial charge is 0.327 e. The van der Waals surface area contributed by atoms with Gasteiger partial charge in [-0.3, -0.25) is 0 Å². The molecule has 0 saturated heterocycles. The normalized spacial score (nSPS) is 13.1. The second-order valence-electron chi connectivity index (χ2n) is 4.67. The van der Waals surface area contributed by atoms with Gasteiger partial charge in [-0.15, -0.1) is 0 Å². The Bertz CT molecular complexity index is 339. The van der Waals surface area contributed by atoms with E-state index < -0.39 is 0 Å². The average Bonchev–Trinajstić information content (AvgIpc) is 2.19. The molecule has 0 amide bonds. The highest BCUT2D eigenvalue weighted by molar-refractivity contribution is 9.10. The lowest BCUT2D eigenvalue weighted by Gasteiger charge is -2.14. The van der Waals surface area contributed by atoms with Gasteiger partial charge >= 0.3 is 0 Å². The average molecular weight is 288 g/mol. The van der Waals surface area contributed by atoms with Crippen LogP contribution in [0.2, 0.25) is 0 Å². The second-order valence-corrected chi connectivity index (χ2v) is 5.53. The van der Waals surface area contributed by atoms with Crippen LogP contribution in [0.1, 0.15) is 32.3 Å². The molecular formula is C13H19BrFN. The van der Waals surface area contributed by atoms with Gasteiger partial charge in [0.15, 0.2) is 0 Å². The molecule has 1 aromatic carbocycles. The molecule has 1 rings (SSSR count). The van der Waals surface area contributed by atoms with Crippen molar-refractivity contribution in [2.45, 2.75) is 39.2 Å². The van der Waals surface area contributed by atoms with E-state index in [1.54, 1.807) is 6.07 Å². The Morgan fingerprint density at radius 2 is 2.00 bits per heavy atom. The van der Waals surface area contributed by atoms with Crippen molar-refractivity contribution in [3.05, 3.63) is 34.1 Å². The van der Waals surface area contributed by atoms with Gasteiger partial charge < -0.3 is 5.73 Å². The number of halogens is 2. The summed E-state index contributed by atoms with van der Waals surface area (Å²) in [6, 6.07) is 4.93. The van der Waals surface area contributed by atoms with Crippen LogP contribution < -0.4 is 5.73 Å². The first-order chi connectivity index (χ1) is 7.49. The van der Waals surface area contributed by atoms with E-state index in [2.05, 4.69) is 29.8 Å². The Kier molecular flexibility index (Phi) is 5.42. The molecule has 0 saturated carbocycles. The molecule has 16 heavy (non-hydrogen) atoms. The van der Waals surface area contributed by atoms with Crippen molar-refractivity contribution >= 4 is 15.9 Å². The number of benzene rings is 1. The van der Waals surface area contributed by atoms with Crippen LogP contribution in [0.3, 0.4) is 0 Å². The molecule has 0 fully saturated rings. The molecule has 1 nitrogen and oxygen atoms in total. The summed E-state index contributed by atoms with van der Waals surface area (Å²) in [6.45, 7) is 4.39. The summed E-state index contributed by atoms with van der Waals surface area (Å²) in [7, 11) is 0. The molecule has 0 radical (unpaired) electrons. The van der Waals surface area contributed by atoms with Crippen LogP contribution >= 0.6 is 15.9 Å². The lowest BCUT2D eigenvalue weighted by molar-refractivity contribution is 0.494. The third kappa shape index (κ3) is 4.62. The molecule has 0 aliphatic carbocycles. The molecule has 0 spiro atoms. The van der Waals surface area contributed by atoms with Crippen LogP contribution in [0.5, 0.6) is 0 Å². The number of rotatable bonds is 5. The molecule has 3 heteroatoms. The van der Waals surface area contributed by atoms with Crippen LogP contribution in [0, 0.1) is 11.7 Å². The van der Waals surface area contributed by atoms with Crippen LogP contribution in [-0.2, 0) is 6.42 Å². The molecule has 1 atom stereocenters. The summed E-state index contributed by atoms with van der Waals surface area (Å²) in [4.78, 5) is 0. The molecule has 1 aromatic rings. The maximum Gasteiger partial charge on any atom is 0.124 e. The van der Waals surface area contributed by atoms with Gasteiger partial charge in [0, 0.05) is 10.5 Å². The van der Waals surface area contributed by atoms with Crippen LogP contribution in [-0.4, -0.2) is 6.04 Å². The molecule has 0 heterocycles. The zero-order valence-corrected chi connectivity index (χ0v) is 11.4. The molecular weight excluding hydrogens is 269 g/mol. The fourth-order valence-corrected chi connectivity index (χ4v) is 2.13. The highest BCUT2D eigenvalue weighted by atomic mass is 79.9. The van der Waals surface area contributed by atoms with Crippen LogP contribution in [0.25, 0.3) is 0 Å². The number of hydrogen-bond acceptors (Lipinski definition) is 1. The molecule has 0 aliphatic heterocycles. The molecule has 1 unspecified atom stereocenters. The third-order valence-corrected chi connectivity index (χ3v) is 3.35. The van der Waals surface area contributed by atoms with Gasteiger partial charge in [-0.2, -0.15) is 0 Å². The summed E-state index contributed by atoms with van der Waals surface area (Å²) in [5.41, 5.74) is 7.13. The quantitative estimate of drug-likeness (QED) is 0.874. The van der Waals surface area contributed by atoms with Gasteiger partial charge in [-0.05, 0) is 42.9 Å². The zero-order valence-electron chi connectivity index (χ0n) is 9.84. The molecule has 0 bridgehead atoms. The van der Waals surface area contributed by atoms with E-state index in [-0.39, 0.29) is 11.9 Å². The lowest BCUT2D eigenvalue weighted by Crippen LogP contribution is -2.23. The first kappa shape index (κ1) is 13.7. The summed E-state index contributed by atoms with van der Waals surface area (Å²) in [6.07, 6.45) is 2.95. The fraction of sp³-hybridized carbons (Fsp3) is 0.538. The minimum atomic E-state index is -0.216. The topological polar surface area (TPSA) is 26.0 Å². The maximum absolute atomic E-state index is 12.9. The fourth-order valence-electron chi connectivity index (χ4n) is 1.62. The first-order valence-electron chi connectivity index (χ1n) is 5.68. The highest BCUT2D eigenvalue weighted by Gasteiger charge is 2.08. The highest BCUT2D eigenvalue weighted by Crippen LogP contribution is 2.20. The maximum atomic E-state index is 12.9. The van der Waals surface area contributed by atoms with E-state index in [0.29, 0.717) is 5.92 Å². The SMILES string of the molecule is CC(C)CCC(N)Cc1ccc(F)cc1Br. The standard InChI is InChI=1S/C13H19BrFN/c1-9(2)3-6-12(16)7-10-4-5-11(15)8-13(10)14/h4-5,8-9,12H,3,6-7,16H2,1-2H3. The molecule has 0 aromatic heterocycles. The van der Waals surface area contributed by atoms with Gasteiger partial charge in [0.05, 0.1) is 0 Å². The second kappa shape index (κ2) is 6.36. The van der Waals surface area contributed by atoms with Crippen molar-refractivity contribution in [2.75, 3.05) is 0 Å². The predicted octanol–water partition coefficient (Wildman–Crippen LogP) is 3.89. The van der Waals surface area contributed by atoms with Crippen molar-refractivity contribution in [3.63, 3.8) is 0 Å². The van der Waals surface area contributed by atoms with Gasteiger partial charge in [0.1, 0.15) is 5.82 Å². The summed E-state index contributed by atoms with van der Waals surface area (Å²) < 4.78 is 13.7. The minimum Gasteiger partial charge on any atom is -0.327 e. The molecule has 90 valence electrons. The summed E-state index contributed by atoms with van der Waals surface area (Å²) in [5, 5.41) is 0. The molecule has 0 aliphatic rings. The van der Waals surface area contributed by atoms with E-state index in [9.17, 15) is 4.39 Å². The van der Waals surface area contributed by atoms with E-state index >= 15 is 0 Å². The van der Waals surface area contributed by atoms with E-state index in [0.717, 1.165) is 29.3 Å². The van der Waals surface area contributed by atoms with Gasteiger partial charge in [-0.25, -0.2) is 4.39 Å². The Morgan fingerprint density at radius 3 is 2.56 bits per heavy atom. The van der Waals surface area contributed by atoms with Crippen molar-refractivity contribution in [1.82, 2.24) is 0 Å². The van der Waals surface area contributed by atoms with Gasteiger partial charge in [0.25, 0.3) is 0 Å². The Hall–Kier alpha value is -0.410.